The van der Waals surface area contributed by atoms with Gasteiger partial charge in [-0.1, -0.05) is 22.6 Å². The fourth-order valence-electron chi connectivity index (χ4n) is 0.321. The average molecular weight is 237 g/mol. The lowest BCUT2D eigenvalue weighted by atomic mass is 10.4. The minimum atomic E-state index is 0.0471. The average Bonchev–Trinajstić information content (AvgIpc) is 1.89. The summed E-state index contributed by atoms with van der Waals surface area (Å²) in [5, 5.41) is 2.64. The van der Waals surface area contributed by atoms with Crippen LogP contribution < -0.4 is 5.32 Å². The van der Waals surface area contributed by atoms with Crippen LogP contribution >= 0.6 is 22.6 Å². The molecule has 0 heterocycles. The normalized spacial score (nSPS) is 8.00. The Bertz CT molecular complexity index is 128. The van der Waals surface area contributed by atoms with Gasteiger partial charge in [0.15, 0.2) is 0 Å². The van der Waals surface area contributed by atoms with E-state index in [2.05, 4.69) is 11.2 Å². The van der Waals surface area contributed by atoms with Gasteiger partial charge in [0.05, 0.1) is 4.43 Å². The maximum atomic E-state index is 10.5. The summed E-state index contributed by atoms with van der Waals surface area (Å²) in [5.74, 6) is 2.48. The van der Waals surface area contributed by atoms with Gasteiger partial charge < -0.3 is 5.32 Å². The topological polar surface area (TPSA) is 29.1 Å². The van der Waals surface area contributed by atoms with Crippen LogP contribution in [0.1, 0.15) is 6.42 Å². The first-order valence-electron chi connectivity index (χ1n) is 2.57. The van der Waals surface area contributed by atoms with Gasteiger partial charge >= 0.3 is 0 Å². The molecule has 0 fully saturated rings. The minimum absolute atomic E-state index is 0.0471. The number of carbonyl (C=O) groups excluding carboxylic acids is 1. The Balaban J connectivity index is 3.09. The second-order valence-corrected chi connectivity index (χ2v) is 2.20. The molecule has 3 heteroatoms. The van der Waals surface area contributed by atoms with Gasteiger partial charge in [-0.2, -0.15) is 0 Å². The van der Waals surface area contributed by atoms with E-state index < -0.39 is 0 Å². The van der Waals surface area contributed by atoms with E-state index in [1.165, 1.54) is 0 Å². The molecule has 0 rings (SSSR count). The summed E-state index contributed by atoms with van der Waals surface area (Å²) in [6.07, 6.45) is 5.57. The van der Waals surface area contributed by atoms with Gasteiger partial charge in [-0.05, 0) is 0 Å². The van der Waals surface area contributed by atoms with E-state index in [1.807, 2.05) is 22.6 Å². The third kappa shape index (κ3) is 5.63. The zero-order valence-electron chi connectivity index (χ0n) is 4.98. The molecule has 0 spiro atoms. The van der Waals surface area contributed by atoms with Crippen molar-refractivity contribution < 1.29 is 4.79 Å². The van der Waals surface area contributed by atoms with Crippen molar-refractivity contribution in [3.8, 4) is 12.3 Å². The molecule has 2 nitrogen and oxygen atoms in total. The molecule has 0 aromatic heterocycles. The molecule has 0 bridgehead atoms. The third-order valence-corrected chi connectivity index (χ3v) is 1.41. The van der Waals surface area contributed by atoms with Gasteiger partial charge in [-0.3, -0.25) is 4.79 Å². The Morgan fingerprint density at radius 3 is 2.89 bits per heavy atom. The van der Waals surface area contributed by atoms with Gasteiger partial charge in [0.25, 0.3) is 0 Å². The van der Waals surface area contributed by atoms with E-state index in [0.29, 0.717) is 17.4 Å². The monoisotopic (exact) mass is 237 g/mol. The highest BCUT2D eigenvalue weighted by molar-refractivity contribution is 14.1. The number of amides is 1. The van der Waals surface area contributed by atoms with E-state index in [-0.39, 0.29) is 5.91 Å². The highest BCUT2D eigenvalue weighted by Crippen LogP contribution is 1.79. The highest BCUT2D eigenvalue weighted by Gasteiger charge is 1.92. The van der Waals surface area contributed by atoms with Crippen LogP contribution in [0.15, 0.2) is 0 Å². The van der Waals surface area contributed by atoms with E-state index in [1.54, 1.807) is 0 Å². The second kappa shape index (κ2) is 5.89. The first kappa shape index (κ1) is 8.76. The number of hydrogen-bond acceptors (Lipinski definition) is 1. The van der Waals surface area contributed by atoms with Crippen molar-refractivity contribution in [2.24, 2.45) is 0 Å². The minimum Gasteiger partial charge on any atom is -0.354 e. The third-order valence-electron chi connectivity index (χ3n) is 0.713. The molecule has 0 aliphatic heterocycles. The van der Waals surface area contributed by atoms with Crippen molar-refractivity contribution in [2.45, 2.75) is 6.42 Å². The summed E-state index contributed by atoms with van der Waals surface area (Å²) in [6.45, 7) is 0.596. The van der Waals surface area contributed by atoms with Crippen LogP contribution in [0, 0.1) is 12.3 Å². The lowest BCUT2D eigenvalue weighted by Gasteiger charge is -1.96. The molecule has 1 N–H and O–H groups in total. The van der Waals surface area contributed by atoms with Crippen LogP contribution in [-0.4, -0.2) is 16.9 Å². The Morgan fingerprint density at radius 2 is 2.44 bits per heavy atom. The molecule has 0 radical (unpaired) electrons. The van der Waals surface area contributed by atoms with Crippen LogP contribution in [0.4, 0.5) is 0 Å². The molecular weight excluding hydrogens is 229 g/mol. The molecule has 0 unspecified atom stereocenters. The number of halogens is 1. The maximum absolute atomic E-state index is 10.5. The van der Waals surface area contributed by atoms with Gasteiger partial charge in [-0.15, -0.1) is 12.3 Å². The summed E-state index contributed by atoms with van der Waals surface area (Å²) in [6, 6.07) is 0. The summed E-state index contributed by atoms with van der Waals surface area (Å²) in [7, 11) is 0. The molecule has 0 aromatic carbocycles. The van der Waals surface area contributed by atoms with Crippen LogP contribution in [0.2, 0.25) is 0 Å². The predicted molar refractivity (Wildman–Crippen MR) is 45.3 cm³/mol. The fourth-order valence-corrected chi connectivity index (χ4v) is 0.591. The number of nitrogens with one attached hydrogen (secondary N) is 1. The van der Waals surface area contributed by atoms with Crippen LogP contribution in [0.3, 0.4) is 0 Å². The van der Waals surface area contributed by atoms with Crippen molar-refractivity contribution in [3.05, 3.63) is 0 Å². The largest absolute Gasteiger partial charge is 0.354 e. The van der Waals surface area contributed by atoms with E-state index in [9.17, 15) is 4.79 Å². The number of hydrogen-bond donors (Lipinski definition) is 1. The number of rotatable bonds is 3. The molecule has 9 heavy (non-hydrogen) atoms. The van der Waals surface area contributed by atoms with E-state index in [0.717, 1.165) is 0 Å². The lowest BCUT2D eigenvalue weighted by molar-refractivity contribution is -0.118. The van der Waals surface area contributed by atoms with Gasteiger partial charge in [0.1, 0.15) is 0 Å². The molecule has 0 saturated heterocycles. The molecule has 0 aliphatic rings. The van der Waals surface area contributed by atoms with Crippen molar-refractivity contribution in [1.29, 1.82) is 0 Å². The fraction of sp³-hybridized carbons (Fsp3) is 0.500. The molecule has 0 aliphatic carbocycles. The predicted octanol–water partition coefficient (Wildman–Crippen LogP) is 0.561. The summed E-state index contributed by atoms with van der Waals surface area (Å²) < 4.78 is 0.502. The highest BCUT2D eigenvalue weighted by atomic mass is 127. The number of carbonyl (C=O) groups is 1. The van der Waals surface area contributed by atoms with Crippen molar-refractivity contribution >= 4 is 28.5 Å². The Kier molecular flexibility index (Phi) is 5.73. The van der Waals surface area contributed by atoms with E-state index in [4.69, 9.17) is 6.42 Å². The van der Waals surface area contributed by atoms with Crippen LogP contribution in [0.5, 0.6) is 0 Å². The first-order valence-corrected chi connectivity index (χ1v) is 4.10. The van der Waals surface area contributed by atoms with E-state index >= 15 is 0 Å². The van der Waals surface area contributed by atoms with Crippen molar-refractivity contribution in [1.82, 2.24) is 5.32 Å². The molecular formula is C6H8INO. The summed E-state index contributed by atoms with van der Waals surface area (Å²) >= 11 is 2.00. The second-order valence-electron chi connectivity index (χ2n) is 1.44. The SMILES string of the molecule is C#CCCNC(=O)CI. The zero-order valence-corrected chi connectivity index (χ0v) is 7.14. The molecule has 0 saturated carbocycles. The van der Waals surface area contributed by atoms with Crippen LogP contribution in [-0.2, 0) is 4.79 Å². The van der Waals surface area contributed by atoms with Gasteiger partial charge in [-0.25, -0.2) is 0 Å². The molecule has 1 amide bonds. The van der Waals surface area contributed by atoms with Gasteiger partial charge in [0.2, 0.25) is 5.91 Å². The standard InChI is InChI=1S/C6H8INO/c1-2-3-4-8-6(9)5-7/h1H,3-5H2,(H,8,9). The molecule has 50 valence electrons. The molecule has 0 aromatic rings. The number of alkyl halides is 1. The van der Waals surface area contributed by atoms with Gasteiger partial charge in [0, 0.05) is 13.0 Å². The summed E-state index contributed by atoms with van der Waals surface area (Å²) in [4.78, 5) is 10.5. The van der Waals surface area contributed by atoms with Crippen molar-refractivity contribution in [2.75, 3.05) is 11.0 Å². The number of terminal acetylenes is 1. The molecule has 0 atom stereocenters. The summed E-state index contributed by atoms with van der Waals surface area (Å²) in [5.41, 5.74) is 0. The zero-order chi connectivity index (χ0) is 7.11. The Labute approximate surface area is 68.5 Å². The smallest absolute Gasteiger partial charge is 0.229 e. The Morgan fingerprint density at radius 1 is 1.78 bits per heavy atom. The maximum Gasteiger partial charge on any atom is 0.229 e. The quantitative estimate of drug-likeness (QED) is 0.330. The first-order chi connectivity index (χ1) is 4.31. The lowest BCUT2D eigenvalue weighted by Crippen LogP contribution is -2.24. The van der Waals surface area contributed by atoms with Crippen LogP contribution in [0.25, 0.3) is 0 Å². The van der Waals surface area contributed by atoms with Crippen molar-refractivity contribution in [3.63, 3.8) is 0 Å². The Hall–Kier alpha value is -0.240.